The van der Waals surface area contributed by atoms with Crippen LogP contribution in [0.1, 0.15) is 29.8 Å². The van der Waals surface area contributed by atoms with Crippen LogP contribution in [-0.2, 0) is 16.4 Å². The number of sulfonamides is 1. The van der Waals surface area contributed by atoms with Crippen molar-refractivity contribution in [2.75, 3.05) is 41.9 Å². The zero-order valence-corrected chi connectivity index (χ0v) is 23.2. The van der Waals surface area contributed by atoms with Crippen molar-refractivity contribution < 1.29 is 22.0 Å². The molecule has 0 fully saturated rings. The lowest BCUT2D eigenvalue weighted by Gasteiger charge is -2.25. The van der Waals surface area contributed by atoms with Crippen LogP contribution in [0.2, 0.25) is 0 Å². The summed E-state index contributed by atoms with van der Waals surface area (Å²) in [7, 11) is -3.81. The fraction of sp³-hybridized carbons (Fsp3) is 0.286. The van der Waals surface area contributed by atoms with Gasteiger partial charge < -0.3 is 4.90 Å². The maximum atomic E-state index is 14.4. The standard InChI is InChI=1S/C28H28F2N4O3S2/c1-3-32(4-2)15-16-33(28-31-26-23(30)17-21(29)18-25(26)38-28)27(35)20-9-11-22(12-10-20)39(36,37)34-14-13-19-7-5-6-8-24(19)34/h5-12,17-18H,3-4,13-16H2,1-2H3. The van der Waals surface area contributed by atoms with Crippen molar-refractivity contribution in [3.8, 4) is 0 Å². The molecule has 0 radical (unpaired) electrons. The highest BCUT2D eigenvalue weighted by atomic mass is 32.2. The molecule has 0 N–H and O–H groups in total. The van der Waals surface area contributed by atoms with Crippen molar-refractivity contribution >= 4 is 48.3 Å². The maximum absolute atomic E-state index is 14.4. The molecule has 0 saturated carbocycles. The Morgan fingerprint density at radius 3 is 2.46 bits per heavy atom. The summed E-state index contributed by atoms with van der Waals surface area (Å²) in [6.07, 6.45) is 0.639. The Bertz CT molecular complexity index is 1620. The number of amides is 1. The minimum atomic E-state index is -3.81. The molecule has 1 aliphatic rings. The molecule has 3 aromatic carbocycles. The highest BCUT2D eigenvalue weighted by Gasteiger charge is 2.31. The van der Waals surface area contributed by atoms with Crippen LogP contribution in [0.3, 0.4) is 0 Å². The van der Waals surface area contributed by atoms with Crippen LogP contribution in [0.5, 0.6) is 0 Å². The molecule has 39 heavy (non-hydrogen) atoms. The Morgan fingerprint density at radius 2 is 1.74 bits per heavy atom. The molecule has 11 heteroatoms. The van der Waals surface area contributed by atoms with Crippen LogP contribution in [0.25, 0.3) is 10.2 Å². The predicted octanol–water partition coefficient (Wildman–Crippen LogP) is 5.31. The van der Waals surface area contributed by atoms with E-state index in [-0.39, 0.29) is 27.7 Å². The Balaban J connectivity index is 1.45. The third-order valence-corrected chi connectivity index (χ3v) is 9.80. The molecule has 0 aliphatic carbocycles. The van der Waals surface area contributed by atoms with E-state index in [1.54, 1.807) is 6.07 Å². The number of nitrogens with zero attached hydrogens (tertiary/aromatic N) is 4. The molecule has 1 amide bonds. The third-order valence-electron chi connectivity index (χ3n) is 6.95. The zero-order valence-electron chi connectivity index (χ0n) is 21.6. The van der Waals surface area contributed by atoms with E-state index in [9.17, 15) is 22.0 Å². The number of carbonyl (C=O) groups is 1. The van der Waals surface area contributed by atoms with E-state index in [4.69, 9.17) is 0 Å². The van der Waals surface area contributed by atoms with E-state index in [2.05, 4.69) is 9.88 Å². The van der Waals surface area contributed by atoms with E-state index in [0.717, 1.165) is 36.1 Å². The van der Waals surface area contributed by atoms with Crippen molar-refractivity contribution in [2.24, 2.45) is 0 Å². The van der Waals surface area contributed by atoms with Crippen LogP contribution in [0.4, 0.5) is 19.6 Å². The predicted molar refractivity (Wildman–Crippen MR) is 150 cm³/mol. The lowest BCUT2D eigenvalue weighted by Crippen LogP contribution is -2.39. The van der Waals surface area contributed by atoms with Gasteiger partial charge in [-0.2, -0.15) is 0 Å². The largest absolute Gasteiger partial charge is 0.302 e. The molecular weight excluding hydrogens is 542 g/mol. The van der Waals surface area contributed by atoms with Gasteiger partial charge in [0.25, 0.3) is 15.9 Å². The summed E-state index contributed by atoms with van der Waals surface area (Å²) in [4.78, 5) is 21.7. The zero-order chi connectivity index (χ0) is 27.7. The summed E-state index contributed by atoms with van der Waals surface area (Å²) >= 11 is 1.03. The highest BCUT2D eigenvalue weighted by Crippen LogP contribution is 2.34. The molecule has 5 rings (SSSR count). The lowest BCUT2D eigenvalue weighted by atomic mass is 10.2. The van der Waals surface area contributed by atoms with Crippen LogP contribution in [0, 0.1) is 11.6 Å². The Morgan fingerprint density at radius 1 is 1.03 bits per heavy atom. The van der Waals surface area contributed by atoms with Gasteiger partial charge in [0.05, 0.1) is 15.3 Å². The number of fused-ring (bicyclic) bond motifs is 2. The minimum Gasteiger partial charge on any atom is -0.302 e. The first-order chi connectivity index (χ1) is 18.7. The molecule has 1 aliphatic heterocycles. The van der Waals surface area contributed by atoms with Crippen LogP contribution in [-0.4, -0.2) is 56.9 Å². The quantitative estimate of drug-likeness (QED) is 0.273. The first-order valence-electron chi connectivity index (χ1n) is 12.7. The summed E-state index contributed by atoms with van der Waals surface area (Å²) in [6, 6.07) is 15.2. The number of likely N-dealkylation sites (N-methyl/N-ethyl adjacent to an activating group) is 1. The summed E-state index contributed by atoms with van der Waals surface area (Å²) < 4.78 is 56.7. The number of aromatic nitrogens is 1. The molecule has 0 saturated heterocycles. The molecule has 204 valence electrons. The number of thiazole rings is 1. The van der Waals surface area contributed by atoms with Crippen molar-refractivity contribution in [2.45, 2.75) is 25.2 Å². The number of hydrogen-bond acceptors (Lipinski definition) is 6. The second-order valence-electron chi connectivity index (χ2n) is 9.19. The molecule has 1 aromatic heterocycles. The van der Waals surface area contributed by atoms with Gasteiger partial charge >= 0.3 is 0 Å². The Hall–Kier alpha value is -3.41. The molecule has 0 unspecified atom stereocenters. The fourth-order valence-corrected chi connectivity index (χ4v) is 7.27. The van der Waals surface area contributed by atoms with Gasteiger partial charge in [0.15, 0.2) is 10.9 Å². The second-order valence-corrected chi connectivity index (χ2v) is 12.1. The van der Waals surface area contributed by atoms with Crippen molar-refractivity contribution in [3.63, 3.8) is 0 Å². The second kappa shape index (κ2) is 11.0. The SMILES string of the molecule is CCN(CC)CCN(C(=O)c1ccc(S(=O)(=O)N2CCc3ccccc32)cc1)c1nc2c(F)cc(F)cc2s1. The smallest absolute Gasteiger partial charge is 0.264 e. The van der Waals surface area contributed by atoms with E-state index in [1.807, 2.05) is 32.0 Å². The first kappa shape index (κ1) is 27.2. The van der Waals surface area contributed by atoms with E-state index >= 15 is 0 Å². The van der Waals surface area contributed by atoms with Crippen LogP contribution < -0.4 is 9.21 Å². The number of para-hydroxylation sites is 1. The third kappa shape index (κ3) is 5.26. The maximum Gasteiger partial charge on any atom is 0.264 e. The van der Waals surface area contributed by atoms with Crippen LogP contribution >= 0.6 is 11.3 Å². The monoisotopic (exact) mass is 570 g/mol. The van der Waals surface area contributed by atoms with Gasteiger partial charge in [0.1, 0.15) is 11.3 Å². The van der Waals surface area contributed by atoms with Gasteiger partial charge in [-0.25, -0.2) is 22.2 Å². The number of benzene rings is 3. The highest BCUT2D eigenvalue weighted by molar-refractivity contribution is 7.92. The number of hydrogen-bond donors (Lipinski definition) is 0. The number of carbonyl (C=O) groups excluding carboxylic acids is 1. The fourth-order valence-electron chi connectivity index (χ4n) is 4.74. The normalized spacial score (nSPS) is 13.3. The number of rotatable bonds is 9. The van der Waals surface area contributed by atoms with E-state index in [0.29, 0.717) is 29.9 Å². The molecule has 0 spiro atoms. The van der Waals surface area contributed by atoms with Crippen molar-refractivity contribution in [1.82, 2.24) is 9.88 Å². The topological polar surface area (TPSA) is 73.8 Å². The van der Waals surface area contributed by atoms with Gasteiger partial charge in [-0.1, -0.05) is 43.4 Å². The lowest BCUT2D eigenvalue weighted by molar-refractivity contribution is 0.0983. The van der Waals surface area contributed by atoms with E-state index < -0.39 is 27.6 Å². The summed E-state index contributed by atoms with van der Waals surface area (Å²) in [5.74, 6) is -1.91. The molecule has 2 heterocycles. The summed E-state index contributed by atoms with van der Waals surface area (Å²) in [5.41, 5.74) is 1.91. The van der Waals surface area contributed by atoms with Crippen molar-refractivity contribution in [1.29, 1.82) is 0 Å². The minimum absolute atomic E-state index is 0.00405. The van der Waals surface area contributed by atoms with E-state index in [1.165, 1.54) is 39.5 Å². The number of halogens is 2. The molecule has 0 atom stereocenters. The van der Waals surface area contributed by atoms with Crippen molar-refractivity contribution in [3.05, 3.63) is 83.4 Å². The molecule has 0 bridgehead atoms. The average Bonchev–Trinajstić information content (AvgIpc) is 3.56. The Labute approximate surface area is 230 Å². The molecule has 4 aromatic rings. The van der Waals surface area contributed by atoms with Gasteiger partial charge in [-0.3, -0.25) is 14.0 Å². The molecule has 7 nitrogen and oxygen atoms in total. The first-order valence-corrected chi connectivity index (χ1v) is 15.0. The van der Waals surface area contributed by atoms with Gasteiger partial charge in [0, 0.05) is 31.3 Å². The summed E-state index contributed by atoms with van der Waals surface area (Å²) in [5, 5.41) is 0.247. The average molecular weight is 571 g/mol. The molecular formula is C28H28F2N4O3S2. The van der Waals surface area contributed by atoms with Gasteiger partial charge in [-0.05, 0) is 61.5 Å². The van der Waals surface area contributed by atoms with Gasteiger partial charge in [-0.15, -0.1) is 0 Å². The summed E-state index contributed by atoms with van der Waals surface area (Å²) in [6.45, 7) is 6.78. The Kier molecular flexibility index (Phi) is 7.66. The van der Waals surface area contributed by atoms with Gasteiger partial charge in [0.2, 0.25) is 0 Å². The number of anilines is 2. The van der Waals surface area contributed by atoms with Crippen LogP contribution in [0.15, 0.2) is 65.6 Å².